The Morgan fingerprint density at radius 2 is 2.00 bits per heavy atom. The fraction of sp³-hybridized carbons (Fsp3) is 0.316. The zero-order valence-electron chi connectivity index (χ0n) is 15.5. The van der Waals surface area contributed by atoms with E-state index >= 15 is 0 Å². The molecule has 8 heteroatoms. The lowest BCUT2D eigenvalue weighted by Crippen LogP contribution is -2.42. The number of hydrogen-bond donors (Lipinski definition) is 3. The molecule has 0 radical (unpaired) electrons. The van der Waals surface area contributed by atoms with Crippen molar-refractivity contribution in [2.45, 2.75) is 19.8 Å². The number of benzene rings is 1. The van der Waals surface area contributed by atoms with Crippen LogP contribution in [0.15, 0.2) is 47.6 Å². The maximum atomic E-state index is 12.1. The molecule has 0 bridgehead atoms. The first-order valence-electron chi connectivity index (χ1n) is 8.54. The van der Waals surface area contributed by atoms with E-state index in [1.807, 2.05) is 30.3 Å². The molecule has 6 nitrogen and oxygen atoms in total. The summed E-state index contributed by atoms with van der Waals surface area (Å²) in [6, 6.07) is 11.5. The molecule has 1 aromatic heterocycles. The molecule has 0 aliphatic heterocycles. The number of aromatic nitrogens is 1. The van der Waals surface area contributed by atoms with Crippen LogP contribution in [0.25, 0.3) is 0 Å². The third kappa shape index (κ3) is 8.57. The van der Waals surface area contributed by atoms with Crippen molar-refractivity contribution in [1.29, 1.82) is 0 Å². The van der Waals surface area contributed by atoms with E-state index in [4.69, 9.17) is 11.6 Å². The lowest BCUT2D eigenvalue weighted by molar-refractivity contribution is -0.115. The highest BCUT2D eigenvalue weighted by Gasteiger charge is 2.05. The number of hydrogen-bond acceptors (Lipinski definition) is 3. The monoisotopic (exact) mass is 501 g/mol. The third-order valence-electron chi connectivity index (χ3n) is 3.75. The number of pyridine rings is 1. The number of nitrogens with zero attached hydrogens (tertiary/aromatic N) is 2. The Kier molecular flexibility index (Phi) is 10.7. The van der Waals surface area contributed by atoms with Gasteiger partial charge < -0.3 is 16.0 Å². The topological polar surface area (TPSA) is 78.4 Å². The molecule has 3 N–H and O–H groups in total. The summed E-state index contributed by atoms with van der Waals surface area (Å²) in [7, 11) is 1.67. The van der Waals surface area contributed by atoms with Crippen molar-refractivity contribution in [3.8, 4) is 0 Å². The van der Waals surface area contributed by atoms with Crippen LogP contribution in [0.5, 0.6) is 0 Å². The van der Waals surface area contributed by atoms with Gasteiger partial charge in [-0.3, -0.25) is 9.79 Å². The number of amides is 1. The van der Waals surface area contributed by atoms with Crippen molar-refractivity contribution in [2.75, 3.05) is 25.5 Å². The number of nitrogens with one attached hydrogen (secondary N) is 3. The smallest absolute Gasteiger partial charge is 0.243 e. The van der Waals surface area contributed by atoms with E-state index in [2.05, 4.69) is 32.9 Å². The second-order valence-corrected chi connectivity index (χ2v) is 6.08. The van der Waals surface area contributed by atoms with Crippen molar-refractivity contribution in [3.05, 3.63) is 58.9 Å². The number of aryl methyl sites for hydroxylation is 1. The molecule has 0 saturated heterocycles. The second-order valence-electron chi connectivity index (χ2n) is 5.69. The van der Waals surface area contributed by atoms with Gasteiger partial charge in [0.15, 0.2) is 5.96 Å². The number of halogens is 2. The molecule has 2 aromatic rings. The molecule has 0 fully saturated rings. The predicted octanol–water partition coefficient (Wildman–Crippen LogP) is 3.26. The summed E-state index contributed by atoms with van der Waals surface area (Å²) in [5.74, 6) is 0.451. The Morgan fingerprint density at radius 1 is 1.19 bits per heavy atom. The molecule has 0 saturated carbocycles. The minimum atomic E-state index is -0.122. The lowest BCUT2D eigenvalue weighted by Gasteiger charge is -2.12. The highest BCUT2D eigenvalue weighted by Crippen LogP contribution is 2.10. The van der Waals surface area contributed by atoms with Gasteiger partial charge in [0.2, 0.25) is 5.91 Å². The third-order valence-corrected chi connectivity index (χ3v) is 3.98. The molecule has 0 aliphatic carbocycles. The summed E-state index contributed by atoms with van der Waals surface area (Å²) in [5.41, 5.74) is 3.06. The number of guanidine groups is 1. The van der Waals surface area contributed by atoms with Gasteiger partial charge in [0.25, 0.3) is 0 Å². The lowest BCUT2D eigenvalue weighted by atomic mass is 10.1. The number of rotatable bonds is 7. The highest BCUT2D eigenvalue weighted by atomic mass is 127. The van der Waals surface area contributed by atoms with E-state index in [1.165, 1.54) is 5.56 Å². The summed E-state index contributed by atoms with van der Waals surface area (Å²) in [4.78, 5) is 20.2. The van der Waals surface area contributed by atoms with Crippen LogP contribution in [0.2, 0.25) is 5.15 Å². The minimum absolute atomic E-state index is 0. The first-order chi connectivity index (χ1) is 12.6. The fourth-order valence-corrected chi connectivity index (χ4v) is 2.45. The van der Waals surface area contributed by atoms with Crippen LogP contribution < -0.4 is 16.0 Å². The standard InChI is InChI=1S/C19H24ClN5O.HI/c1-3-14-5-4-6-16(11-14)25-18(26)13-24-19(21-2)22-10-9-15-7-8-17(20)23-12-15;/h4-8,11-12H,3,9-10,13H2,1-2H3,(H,25,26)(H2,21,22,24);1H. The van der Waals surface area contributed by atoms with Crippen LogP contribution in [0.4, 0.5) is 5.69 Å². The molecule has 2 rings (SSSR count). The number of anilines is 1. The molecule has 1 aromatic carbocycles. The van der Waals surface area contributed by atoms with Crippen LogP contribution in [0, 0.1) is 0 Å². The summed E-state index contributed by atoms with van der Waals surface area (Å²) >= 11 is 5.77. The SMILES string of the molecule is CCc1cccc(NC(=O)CNC(=NC)NCCc2ccc(Cl)nc2)c1.I. The van der Waals surface area contributed by atoms with Gasteiger partial charge in [0.1, 0.15) is 5.15 Å². The molecular formula is C19H25ClIN5O. The summed E-state index contributed by atoms with van der Waals surface area (Å²) < 4.78 is 0. The normalized spacial score (nSPS) is 10.7. The van der Waals surface area contributed by atoms with Crippen molar-refractivity contribution >= 4 is 53.1 Å². The summed E-state index contributed by atoms with van der Waals surface area (Å²) in [6.45, 7) is 2.89. The first-order valence-corrected chi connectivity index (χ1v) is 8.92. The summed E-state index contributed by atoms with van der Waals surface area (Å²) in [6.07, 6.45) is 3.46. The first kappa shape index (κ1) is 23.2. The molecular weight excluding hydrogens is 477 g/mol. The van der Waals surface area contributed by atoms with E-state index in [-0.39, 0.29) is 36.4 Å². The maximum absolute atomic E-state index is 12.1. The largest absolute Gasteiger partial charge is 0.356 e. The van der Waals surface area contributed by atoms with Gasteiger partial charge in [-0.15, -0.1) is 24.0 Å². The Morgan fingerprint density at radius 3 is 2.67 bits per heavy atom. The Bertz CT molecular complexity index is 752. The molecule has 1 amide bonds. The zero-order valence-corrected chi connectivity index (χ0v) is 18.5. The van der Waals surface area contributed by atoms with Gasteiger partial charge >= 0.3 is 0 Å². The number of carbonyl (C=O) groups is 1. The van der Waals surface area contributed by atoms with Crippen molar-refractivity contribution in [2.24, 2.45) is 4.99 Å². The van der Waals surface area contributed by atoms with E-state index in [9.17, 15) is 4.79 Å². The summed E-state index contributed by atoms with van der Waals surface area (Å²) in [5, 5.41) is 9.53. The maximum Gasteiger partial charge on any atom is 0.243 e. The highest BCUT2D eigenvalue weighted by molar-refractivity contribution is 14.0. The van der Waals surface area contributed by atoms with E-state index < -0.39 is 0 Å². The van der Waals surface area contributed by atoms with Gasteiger partial charge in [-0.2, -0.15) is 0 Å². The number of carbonyl (C=O) groups excluding carboxylic acids is 1. The van der Waals surface area contributed by atoms with Gasteiger partial charge in [0, 0.05) is 25.5 Å². The molecule has 146 valence electrons. The van der Waals surface area contributed by atoms with Crippen molar-refractivity contribution in [3.63, 3.8) is 0 Å². The molecule has 0 spiro atoms. The van der Waals surface area contributed by atoms with Crippen LogP contribution in [0.1, 0.15) is 18.1 Å². The van der Waals surface area contributed by atoms with Crippen LogP contribution in [-0.4, -0.2) is 37.0 Å². The molecule has 0 atom stereocenters. The van der Waals surface area contributed by atoms with E-state index in [0.29, 0.717) is 17.7 Å². The Balaban J connectivity index is 0.00000364. The quantitative estimate of drug-likeness (QED) is 0.236. The fourth-order valence-electron chi connectivity index (χ4n) is 2.34. The molecule has 0 aliphatic rings. The Hall–Kier alpha value is -1.87. The van der Waals surface area contributed by atoms with Gasteiger partial charge in [0.05, 0.1) is 6.54 Å². The van der Waals surface area contributed by atoms with E-state index in [0.717, 1.165) is 24.1 Å². The van der Waals surface area contributed by atoms with Crippen LogP contribution >= 0.6 is 35.6 Å². The average Bonchev–Trinajstić information content (AvgIpc) is 2.66. The Labute approximate surface area is 182 Å². The van der Waals surface area contributed by atoms with Gasteiger partial charge in [-0.25, -0.2) is 4.98 Å². The number of aliphatic imine (C=N–C) groups is 1. The van der Waals surface area contributed by atoms with Crippen molar-refractivity contribution in [1.82, 2.24) is 15.6 Å². The van der Waals surface area contributed by atoms with Crippen molar-refractivity contribution < 1.29 is 4.79 Å². The predicted molar refractivity (Wildman–Crippen MR) is 122 cm³/mol. The van der Waals surface area contributed by atoms with E-state index in [1.54, 1.807) is 19.3 Å². The molecule has 27 heavy (non-hydrogen) atoms. The van der Waals surface area contributed by atoms with Crippen LogP contribution in [0.3, 0.4) is 0 Å². The van der Waals surface area contributed by atoms with Crippen LogP contribution in [-0.2, 0) is 17.6 Å². The molecule has 0 unspecified atom stereocenters. The minimum Gasteiger partial charge on any atom is -0.356 e. The van der Waals surface area contributed by atoms with Gasteiger partial charge in [-0.05, 0) is 42.2 Å². The second kappa shape index (κ2) is 12.5. The average molecular weight is 502 g/mol. The zero-order chi connectivity index (χ0) is 18.8. The van der Waals surface area contributed by atoms with Gasteiger partial charge in [-0.1, -0.05) is 36.7 Å². The molecule has 1 heterocycles.